The number of H-pyrrole nitrogens is 1. The lowest BCUT2D eigenvalue weighted by Gasteiger charge is -2.11. The number of carbonyl (C=O) groups excluding carboxylic acids is 1. The fourth-order valence-corrected chi connectivity index (χ4v) is 2.48. The molecule has 29 heavy (non-hydrogen) atoms. The molecule has 0 unspecified atom stereocenters. The standard InChI is InChI=1S/C18H10F5N3O3/c19-9-1-4-11(5-2-9)26-16(28)12(8-24-17(26)29)15(27)25-10-3-6-14(20)13(7-10)18(21,22)23/h1-8H,(H,24,29)(H,25,27). The second-order valence-electron chi connectivity index (χ2n) is 5.77. The molecule has 2 N–H and O–H groups in total. The van der Waals surface area contributed by atoms with Gasteiger partial charge in [-0.05, 0) is 42.5 Å². The third-order valence-electron chi connectivity index (χ3n) is 3.84. The van der Waals surface area contributed by atoms with Gasteiger partial charge in [-0.25, -0.2) is 18.1 Å². The monoisotopic (exact) mass is 411 g/mol. The van der Waals surface area contributed by atoms with Crippen LogP contribution in [0.25, 0.3) is 5.69 Å². The molecule has 0 bridgehead atoms. The number of halogens is 5. The summed E-state index contributed by atoms with van der Waals surface area (Å²) in [7, 11) is 0. The van der Waals surface area contributed by atoms with Crippen LogP contribution >= 0.6 is 0 Å². The van der Waals surface area contributed by atoms with Crippen molar-refractivity contribution in [1.82, 2.24) is 9.55 Å². The van der Waals surface area contributed by atoms with Gasteiger partial charge in [0.1, 0.15) is 17.2 Å². The Morgan fingerprint density at radius 1 is 1.00 bits per heavy atom. The lowest BCUT2D eigenvalue weighted by molar-refractivity contribution is -0.139. The van der Waals surface area contributed by atoms with Gasteiger partial charge in [-0.3, -0.25) is 9.59 Å². The van der Waals surface area contributed by atoms with Gasteiger partial charge < -0.3 is 10.3 Å². The number of hydrogen-bond donors (Lipinski definition) is 2. The van der Waals surface area contributed by atoms with Crippen molar-refractivity contribution in [2.75, 3.05) is 5.32 Å². The Balaban J connectivity index is 1.99. The van der Waals surface area contributed by atoms with Gasteiger partial charge in [0, 0.05) is 11.9 Å². The topological polar surface area (TPSA) is 84.0 Å². The Bertz CT molecular complexity index is 1200. The Kier molecular flexibility index (Phi) is 5.06. The first-order valence-corrected chi connectivity index (χ1v) is 7.86. The van der Waals surface area contributed by atoms with Gasteiger partial charge in [0.25, 0.3) is 11.5 Å². The molecule has 1 heterocycles. The normalized spacial score (nSPS) is 11.3. The highest BCUT2D eigenvalue weighted by molar-refractivity contribution is 6.03. The van der Waals surface area contributed by atoms with Crippen LogP contribution in [0.1, 0.15) is 15.9 Å². The number of amides is 1. The van der Waals surface area contributed by atoms with Gasteiger partial charge in [-0.2, -0.15) is 13.2 Å². The number of aromatic amines is 1. The van der Waals surface area contributed by atoms with E-state index in [0.717, 1.165) is 36.5 Å². The van der Waals surface area contributed by atoms with Crippen LogP contribution in [0.4, 0.5) is 27.6 Å². The molecule has 0 aliphatic carbocycles. The zero-order valence-electron chi connectivity index (χ0n) is 14.2. The molecule has 3 rings (SSSR count). The van der Waals surface area contributed by atoms with E-state index in [2.05, 4.69) is 4.98 Å². The fourth-order valence-electron chi connectivity index (χ4n) is 2.48. The molecule has 3 aromatic rings. The average Bonchev–Trinajstić information content (AvgIpc) is 2.64. The van der Waals surface area contributed by atoms with Crippen molar-refractivity contribution in [3.05, 3.63) is 92.3 Å². The molecule has 1 aromatic heterocycles. The van der Waals surface area contributed by atoms with Crippen molar-refractivity contribution in [2.45, 2.75) is 6.18 Å². The maximum atomic E-state index is 13.4. The number of hydrogen-bond acceptors (Lipinski definition) is 3. The summed E-state index contributed by atoms with van der Waals surface area (Å²) in [6.45, 7) is 0. The van der Waals surface area contributed by atoms with Crippen LogP contribution < -0.4 is 16.6 Å². The van der Waals surface area contributed by atoms with E-state index in [1.807, 2.05) is 5.32 Å². The summed E-state index contributed by atoms with van der Waals surface area (Å²) in [4.78, 5) is 39.0. The zero-order chi connectivity index (χ0) is 21.3. The van der Waals surface area contributed by atoms with E-state index < -0.39 is 51.8 Å². The second kappa shape index (κ2) is 7.34. The molecule has 150 valence electrons. The number of anilines is 1. The molecule has 2 aromatic carbocycles. The molecule has 0 atom stereocenters. The predicted octanol–water partition coefficient (Wildman–Crippen LogP) is 3.08. The summed E-state index contributed by atoms with van der Waals surface area (Å²) in [5.41, 5.74) is -4.65. The number of carbonyl (C=O) groups is 1. The maximum Gasteiger partial charge on any atom is 0.419 e. The van der Waals surface area contributed by atoms with E-state index in [9.17, 15) is 36.3 Å². The van der Waals surface area contributed by atoms with Crippen LogP contribution in [0.2, 0.25) is 0 Å². The minimum Gasteiger partial charge on any atom is -0.322 e. The predicted molar refractivity (Wildman–Crippen MR) is 92.0 cm³/mol. The third kappa shape index (κ3) is 4.08. The van der Waals surface area contributed by atoms with Crippen molar-refractivity contribution in [1.29, 1.82) is 0 Å². The van der Waals surface area contributed by atoms with Crippen molar-refractivity contribution < 1.29 is 26.7 Å². The van der Waals surface area contributed by atoms with Crippen LogP contribution in [0.15, 0.2) is 58.3 Å². The summed E-state index contributed by atoms with van der Waals surface area (Å²) in [5.74, 6) is -3.29. The first-order valence-electron chi connectivity index (χ1n) is 7.86. The number of benzene rings is 2. The highest BCUT2D eigenvalue weighted by Gasteiger charge is 2.34. The van der Waals surface area contributed by atoms with E-state index in [0.29, 0.717) is 16.7 Å². The van der Waals surface area contributed by atoms with Crippen LogP contribution in [0.3, 0.4) is 0 Å². The lowest BCUT2D eigenvalue weighted by atomic mass is 10.1. The minimum absolute atomic E-state index is 0.0339. The number of aromatic nitrogens is 2. The summed E-state index contributed by atoms with van der Waals surface area (Å²) < 4.78 is 65.3. The van der Waals surface area contributed by atoms with Gasteiger partial charge in [-0.1, -0.05) is 0 Å². The van der Waals surface area contributed by atoms with E-state index >= 15 is 0 Å². The van der Waals surface area contributed by atoms with Crippen molar-refractivity contribution in [2.24, 2.45) is 0 Å². The Morgan fingerprint density at radius 3 is 2.28 bits per heavy atom. The van der Waals surface area contributed by atoms with Crippen LogP contribution in [-0.4, -0.2) is 15.5 Å². The molecule has 6 nitrogen and oxygen atoms in total. The number of nitrogens with one attached hydrogen (secondary N) is 2. The molecule has 11 heteroatoms. The van der Waals surface area contributed by atoms with Crippen LogP contribution in [-0.2, 0) is 6.18 Å². The van der Waals surface area contributed by atoms with E-state index in [-0.39, 0.29) is 5.69 Å². The third-order valence-corrected chi connectivity index (χ3v) is 3.84. The maximum absolute atomic E-state index is 13.4. The highest BCUT2D eigenvalue weighted by Crippen LogP contribution is 2.33. The second-order valence-corrected chi connectivity index (χ2v) is 5.77. The number of nitrogens with zero attached hydrogens (tertiary/aromatic N) is 1. The Hall–Kier alpha value is -3.76. The smallest absolute Gasteiger partial charge is 0.322 e. The minimum atomic E-state index is -4.99. The fraction of sp³-hybridized carbons (Fsp3) is 0.0556. The summed E-state index contributed by atoms with van der Waals surface area (Å²) >= 11 is 0. The highest BCUT2D eigenvalue weighted by atomic mass is 19.4. The van der Waals surface area contributed by atoms with E-state index in [1.54, 1.807) is 0 Å². The van der Waals surface area contributed by atoms with Gasteiger partial charge in [0.2, 0.25) is 0 Å². The summed E-state index contributed by atoms with van der Waals surface area (Å²) in [6.07, 6.45) is -4.20. The molecular formula is C18H10F5N3O3. The van der Waals surface area contributed by atoms with Crippen LogP contribution in [0.5, 0.6) is 0 Å². The van der Waals surface area contributed by atoms with E-state index in [4.69, 9.17) is 0 Å². The number of alkyl halides is 3. The van der Waals surface area contributed by atoms with Crippen molar-refractivity contribution in [3.8, 4) is 5.69 Å². The summed E-state index contributed by atoms with van der Waals surface area (Å²) in [5, 5.41) is 2.05. The van der Waals surface area contributed by atoms with Gasteiger partial charge in [0.15, 0.2) is 0 Å². The molecule has 0 saturated heterocycles. The molecular weight excluding hydrogens is 401 g/mol. The molecule has 1 amide bonds. The van der Waals surface area contributed by atoms with Crippen molar-refractivity contribution >= 4 is 11.6 Å². The lowest BCUT2D eigenvalue weighted by Crippen LogP contribution is -2.38. The molecule has 0 fully saturated rings. The Morgan fingerprint density at radius 2 is 1.66 bits per heavy atom. The van der Waals surface area contributed by atoms with Gasteiger partial charge in [0.05, 0.1) is 11.3 Å². The molecule has 0 radical (unpaired) electrons. The van der Waals surface area contributed by atoms with Crippen LogP contribution in [0, 0.1) is 11.6 Å². The quantitative estimate of drug-likeness (QED) is 0.650. The summed E-state index contributed by atoms with van der Waals surface area (Å²) in [6, 6.07) is 6.01. The van der Waals surface area contributed by atoms with Crippen molar-refractivity contribution in [3.63, 3.8) is 0 Å². The first-order chi connectivity index (χ1) is 13.6. The number of rotatable bonds is 3. The van der Waals surface area contributed by atoms with Gasteiger partial charge >= 0.3 is 11.9 Å². The average molecular weight is 411 g/mol. The molecule has 0 saturated carbocycles. The van der Waals surface area contributed by atoms with Gasteiger partial charge in [-0.15, -0.1) is 0 Å². The first kappa shape index (κ1) is 20.0. The Labute approximate surface area is 158 Å². The van der Waals surface area contributed by atoms with E-state index in [1.165, 1.54) is 0 Å². The molecule has 0 aliphatic heterocycles. The SMILES string of the molecule is O=C(Nc1ccc(F)c(C(F)(F)F)c1)c1c[nH]c(=O)n(-c2ccc(F)cc2)c1=O. The molecule has 0 spiro atoms. The zero-order valence-corrected chi connectivity index (χ0v) is 14.2. The molecule has 0 aliphatic rings. The largest absolute Gasteiger partial charge is 0.419 e.